The molecular formula is C9H9N3O2. The summed E-state index contributed by atoms with van der Waals surface area (Å²) in [6.45, 7) is 0.229. The van der Waals surface area contributed by atoms with Gasteiger partial charge in [0, 0.05) is 12.4 Å². The normalized spacial score (nSPS) is 9.14. The molecule has 0 fully saturated rings. The Balaban J connectivity index is 2.90. The van der Waals surface area contributed by atoms with Crippen LogP contribution in [0.1, 0.15) is 11.1 Å². The first-order chi connectivity index (χ1) is 6.74. The minimum atomic E-state index is -1.12. The fourth-order valence-electron chi connectivity index (χ4n) is 1.15. The van der Waals surface area contributed by atoms with Gasteiger partial charge in [-0.2, -0.15) is 0 Å². The van der Waals surface area contributed by atoms with Crippen LogP contribution < -0.4 is 10.0 Å². The van der Waals surface area contributed by atoms with Gasteiger partial charge in [0.1, 0.15) is 17.2 Å². The van der Waals surface area contributed by atoms with Crippen LogP contribution in [0.3, 0.4) is 0 Å². The molecule has 0 bridgehead atoms. The Morgan fingerprint density at radius 3 is 2.64 bits per heavy atom. The number of carboxylic acid groups (broad SMARTS) is 1. The van der Waals surface area contributed by atoms with Crippen LogP contribution in [-0.2, 0) is 17.8 Å². The summed E-state index contributed by atoms with van der Waals surface area (Å²) in [7, 11) is 0. The maximum atomic E-state index is 10.4. The second-order valence-electron chi connectivity index (χ2n) is 2.72. The van der Waals surface area contributed by atoms with Crippen molar-refractivity contribution in [2.75, 3.05) is 0 Å². The Morgan fingerprint density at radius 1 is 1.43 bits per heavy atom. The lowest BCUT2D eigenvalue weighted by atomic mass is 10.1. The van der Waals surface area contributed by atoms with Crippen LogP contribution in [0, 0.1) is 5.53 Å². The molecule has 14 heavy (non-hydrogen) atoms. The molecule has 0 saturated heterocycles. The average Bonchev–Trinajstić information content (AvgIpc) is 2.16. The van der Waals surface area contributed by atoms with Crippen LogP contribution in [0.5, 0.6) is 0 Å². The van der Waals surface area contributed by atoms with E-state index in [4.69, 9.17) is 5.53 Å². The number of carbonyl (C=O) groups excluding carboxylic acids is 1. The quantitative estimate of drug-likeness (QED) is 0.537. The number of nitrogens with zero attached hydrogens (tertiary/aromatic N) is 2. The molecule has 0 saturated carbocycles. The van der Waals surface area contributed by atoms with E-state index in [1.165, 1.54) is 0 Å². The van der Waals surface area contributed by atoms with Crippen LogP contribution in [0.2, 0.25) is 0 Å². The first-order valence-corrected chi connectivity index (χ1v) is 4.04. The third kappa shape index (κ3) is 2.80. The van der Waals surface area contributed by atoms with Gasteiger partial charge in [0.05, 0.1) is 0 Å². The molecule has 0 unspecified atom stereocenters. The molecule has 0 aliphatic carbocycles. The van der Waals surface area contributed by atoms with E-state index in [2.05, 4.69) is 10.0 Å². The van der Waals surface area contributed by atoms with Crippen LogP contribution in [0.4, 0.5) is 0 Å². The average molecular weight is 191 g/mol. The molecule has 1 aromatic carbocycles. The van der Waals surface area contributed by atoms with Gasteiger partial charge in [-0.25, -0.2) is 0 Å². The molecule has 0 aliphatic rings. The second-order valence-corrected chi connectivity index (χ2v) is 2.72. The number of aliphatic carboxylic acids is 1. The van der Waals surface area contributed by atoms with E-state index >= 15 is 0 Å². The summed E-state index contributed by atoms with van der Waals surface area (Å²) in [6, 6.07) is 6.99. The molecule has 0 heterocycles. The molecule has 1 aromatic rings. The maximum absolute atomic E-state index is 10.4. The zero-order valence-electron chi connectivity index (χ0n) is 7.43. The standard InChI is InChI=1S/C9H9N3O2/c10-12-11-6-8-4-2-1-3-7(8)5-9(13)14/h1-4,10H,5-6H2. The van der Waals surface area contributed by atoms with Crippen molar-refractivity contribution in [3.8, 4) is 0 Å². The molecule has 5 nitrogen and oxygen atoms in total. The van der Waals surface area contributed by atoms with Gasteiger partial charge < -0.3 is 9.90 Å². The van der Waals surface area contributed by atoms with Gasteiger partial charge in [0.15, 0.2) is 0 Å². The van der Waals surface area contributed by atoms with Gasteiger partial charge >= 0.3 is 0 Å². The summed E-state index contributed by atoms with van der Waals surface area (Å²) in [5.74, 6) is -1.12. The van der Waals surface area contributed by atoms with Gasteiger partial charge in [0.25, 0.3) is 0 Å². The summed E-state index contributed by atoms with van der Waals surface area (Å²) < 4.78 is 0. The minimum Gasteiger partial charge on any atom is -0.550 e. The summed E-state index contributed by atoms with van der Waals surface area (Å²) in [6.07, 6.45) is -0.135. The fourth-order valence-corrected chi connectivity index (χ4v) is 1.15. The SMILES string of the molecule is N=[N+]=NCc1ccccc1CC(=O)[O-]. The third-order valence-electron chi connectivity index (χ3n) is 1.76. The molecule has 5 heteroatoms. The number of hydrogen-bond donors (Lipinski definition) is 1. The van der Waals surface area contributed by atoms with Gasteiger partial charge in [-0.05, 0) is 11.1 Å². The highest BCUT2D eigenvalue weighted by Gasteiger charge is 2.02. The Labute approximate surface area is 80.6 Å². The van der Waals surface area contributed by atoms with Crippen molar-refractivity contribution in [1.29, 1.82) is 5.53 Å². The van der Waals surface area contributed by atoms with E-state index < -0.39 is 5.97 Å². The fraction of sp³-hybridized carbons (Fsp3) is 0.222. The number of rotatable bonds is 4. The predicted molar refractivity (Wildman–Crippen MR) is 46.1 cm³/mol. The highest BCUT2D eigenvalue weighted by atomic mass is 16.4. The Bertz CT molecular complexity index is 360. The predicted octanol–water partition coefficient (Wildman–Crippen LogP) is 0.0294. The van der Waals surface area contributed by atoms with E-state index in [-0.39, 0.29) is 13.0 Å². The van der Waals surface area contributed by atoms with Gasteiger partial charge in [-0.1, -0.05) is 24.3 Å². The number of hydrogen-bond acceptors (Lipinski definition) is 4. The highest BCUT2D eigenvalue weighted by molar-refractivity contribution is 5.68. The van der Waals surface area contributed by atoms with Crippen LogP contribution in [-0.4, -0.2) is 5.97 Å². The Hall–Kier alpha value is -2.00. The lowest BCUT2D eigenvalue weighted by Crippen LogP contribution is -2.24. The smallest absolute Gasteiger partial charge is 0.214 e. The number of nitrogens with one attached hydrogen (secondary N) is 1. The zero-order chi connectivity index (χ0) is 10.4. The van der Waals surface area contributed by atoms with E-state index in [1.807, 2.05) is 0 Å². The zero-order valence-corrected chi connectivity index (χ0v) is 7.43. The summed E-state index contributed by atoms with van der Waals surface area (Å²) in [5.41, 5.74) is 7.90. The Morgan fingerprint density at radius 2 is 2.07 bits per heavy atom. The van der Waals surface area contributed by atoms with Gasteiger partial charge in [-0.15, -0.1) is 0 Å². The molecule has 0 atom stereocenters. The van der Waals surface area contributed by atoms with E-state index in [0.717, 1.165) is 5.56 Å². The van der Waals surface area contributed by atoms with Gasteiger partial charge in [0.2, 0.25) is 4.91 Å². The largest absolute Gasteiger partial charge is 0.550 e. The van der Waals surface area contributed by atoms with E-state index in [0.29, 0.717) is 5.56 Å². The molecule has 0 radical (unpaired) electrons. The topological polar surface area (TPSA) is 90.4 Å². The monoisotopic (exact) mass is 191 g/mol. The van der Waals surface area contributed by atoms with E-state index in [1.54, 1.807) is 24.3 Å². The summed E-state index contributed by atoms with van der Waals surface area (Å²) in [5, 5.41) is 13.9. The van der Waals surface area contributed by atoms with Crippen molar-refractivity contribution in [3.05, 3.63) is 35.4 Å². The van der Waals surface area contributed by atoms with Crippen molar-refractivity contribution >= 4 is 5.97 Å². The first kappa shape index (κ1) is 10.1. The van der Waals surface area contributed by atoms with E-state index in [9.17, 15) is 9.90 Å². The molecule has 0 aliphatic heterocycles. The summed E-state index contributed by atoms with van der Waals surface area (Å²) >= 11 is 0. The lowest BCUT2D eigenvalue weighted by Gasteiger charge is -2.05. The van der Waals surface area contributed by atoms with Crippen molar-refractivity contribution in [2.45, 2.75) is 13.0 Å². The number of carbonyl (C=O) groups is 1. The van der Waals surface area contributed by atoms with Crippen molar-refractivity contribution in [1.82, 2.24) is 4.91 Å². The first-order valence-electron chi connectivity index (χ1n) is 4.04. The van der Waals surface area contributed by atoms with Crippen LogP contribution in [0.15, 0.2) is 29.4 Å². The minimum absolute atomic E-state index is 0.135. The molecular weight excluding hydrogens is 182 g/mol. The number of benzene rings is 1. The molecule has 0 amide bonds. The Kier molecular flexibility index (Phi) is 3.52. The molecule has 1 N–H and O–H groups in total. The van der Waals surface area contributed by atoms with Crippen LogP contribution in [0.25, 0.3) is 0 Å². The van der Waals surface area contributed by atoms with Crippen molar-refractivity contribution in [2.24, 2.45) is 5.11 Å². The highest BCUT2D eigenvalue weighted by Crippen LogP contribution is 2.10. The molecule has 0 spiro atoms. The molecule has 0 aromatic heterocycles. The lowest BCUT2D eigenvalue weighted by molar-refractivity contribution is -0.304. The number of carboxylic acids is 1. The van der Waals surface area contributed by atoms with Crippen LogP contribution >= 0.6 is 0 Å². The summed E-state index contributed by atoms with van der Waals surface area (Å²) in [4.78, 5) is 13.3. The molecule has 72 valence electrons. The molecule has 1 rings (SSSR count). The second kappa shape index (κ2) is 4.89. The maximum Gasteiger partial charge on any atom is 0.214 e. The van der Waals surface area contributed by atoms with Gasteiger partial charge in [-0.3, -0.25) is 0 Å². The van der Waals surface area contributed by atoms with Crippen molar-refractivity contribution in [3.63, 3.8) is 0 Å². The third-order valence-corrected chi connectivity index (χ3v) is 1.76. The van der Waals surface area contributed by atoms with Crippen molar-refractivity contribution < 1.29 is 9.90 Å².